The summed E-state index contributed by atoms with van der Waals surface area (Å²) in [4.78, 5) is 12.6. The van der Waals surface area contributed by atoms with Crippen molar-refractivity contribution in [1.29, 1.82) is 0 Å². The molecular formula is C22H27NO4S. The zero-order valence-electron chi connectivity index (χ0n) is 16.6. The topological polar surface area (TPSA) is 63.7 Å². The minimum Gasteiger partial charge on any atom is -0.457 e. The molecule has 6 heteroatoms. The minimum atomic E-state index is -3.56. The maximum Gasteiger partial charge on any atom is 0.338 e. The lowest BCUT2D eigenvalue weighted by Crippen LogP contribution is -2.28. The molecule has 2 aromatic rings. The monoisotopic (exact) mass is 401 g/mol. The van der Waals surface area contributed by atoms with Crippen LogP contribution in [0.2, 0.25) is 0 Å². The van der Waals surface area contributed by atoms with E-state index in [2.05, 4.69) is 20.8 Å². The summed E-state index contributed by atoms with van der Waals surface area (Å²) in [6.07, 6.45) is 1.74. The minimum absolute atomic E-state index is 0.0660. The zero-order chi connectivity index (χ0) is 20.4. The van der Waals surface area contributed by atoms with Gasteiger partial charge in [-0.2, -0.15) is 4.31 Å². The van der Waals surface area contributed by atoms with Crippen molar-refractivity contribution in [3.63, 3.8) is 0 Å². The van der Waals surface area contributed by atoms with Crippen LogP contribution in [0.3, 0.4) is 0 Å². The molecule has 0 unspecified atom stereocenters. The second-order valence-electron chi connectivity index (χ2n) is 8.16. The second-order valence-corrected chi connectivity index (χ2v) is 10.1. The quantitative estimate of drug-likeness (QED) is 0.707. The van der Waals surface area contributed by atoms with E-state index in [0.717, 1.165) is 18.4 Å². The summed E-state index contributed by atoms with van der Waals surface area (Å²) in [5.41, 5.74) is 2.41. The molecule has 0 spiro atoms. The van der Waals surface area contributed by atoms with Crippen molar-refractivity contribution < 1.29 is 17.9 Å². The Morgan fingerprint density at radius 3 is 2.29 bits per heavy atom. The van der Waals surface area contributed by atoms with Crippen LogP contribution in [0.15, 0.2) is 53.4 Å². The first-order chi connectivity index (χ1) is 13.2. The van der Waals surface area contributed by atoms with Gasteiger partial charge in [0.05, 0.1) is 10.5 Å². The number of benzene rings is 2. The highest BCUT2D eigenvalue weighted by molar-refractivity contribution is 7.89. The van der Waals surface area contributed by atoms with Crippen molar-refractivity contribution in [2.75, 3.05) is 13.1 Å². The fourth-order valence-corrected chi connectivity index (χ4v) is 4.76. The van der Waals surface area contributed by atoms with Crippen LogP contribution in [-0.4, -0.2) is 31.8 Å². The Labute approximate surface area is 167 Å². The van der Waals surface area contributed by atoms with Crippen LogP contribution in [0, 0.1) is 0 Å². The average molecular weight is 402 g/mol. The third kappa shape index (κ3) is 4.62. The molecule has 0 N–H and O–H groups in total. The molecule has 150 valence electrons. The number of ether oxygens (including phenoxy) is 1. The first kappa shape index (κ1) is 20.6. The van der Waals surface area contributed by atoms with E-state index < -0.39 is 16.0 Å². The van der Waals surface area contributed by atoms with Gasteiger partial charge in [0, 0.05) is 13.1 Å². The molecule has 5 nitrogen and oxygen atoms in total. The van der Waals surface area contributed by atoms with Crippen molar-refractivity contribution in [3.05, 3.63) is 65.2 Å². The first-order valence-electron chi connectivity index (χ1n) is 9.55. The lowest BCUT2D eigenvalue weighted by molar-refractivity contribution is 0.0472. The Morgan fingerprint density at radius 2 is 1.68 bits per heavy atom. The van der Waals surface area contributed by atoms with Crippen LogP contribution in [-0.2, 0) is 26.8 Å². The standard InChI is InChI=1S/C22H27NO4S/c1-22(2,3)19-11-9-17(10-12-19)16-27-21(24)18-7-6-8-20(15-18)28(25,26)23-13-4-5-14-23/h6-12,15H,4-5,13-14,16H2,1-3H3. The largest absolute Gasteiger partial charge is 0.457 e. The van der Waals surface area contributed by atoms with Gasteiger partial charge >= 0.3 is 5.97 Å². The van der Waals surface area contributed by atoms with Crippen LogP contribution < -0.4 is 0 Å². The third-order valence-corrected chi connectivity index (χ3v) is 6.86. The second kappa shape index (κ2) is 8.05. The average Bonchev–Trinajstić information content (AvgIpc) is 3.21. The predicted molar refractivity (Wildman–Crippen MR) is 109 cm³/mol. The molecule has 0 aromatic heterocycles. The van der Waals surface area contributed by atoms with Gasteiger partial charge in [-0.15, -0.1) is 0 Å². The fourth-order valence-electron chi connectivity index (χ4n) is 3.19. The van der Waals surface area contributed by atoms with Gasteiger partial charge in [-0.25, -0.2) is 13.2 Å². The zero-order valence-corrected chi connectivity index (χ0v) is 17.5. The number of rotatable bonds is 5. The van der Waals surface area contributed by atoms with E-state index in [1.54, 1.807) is 12.1 Å². The molecule has 3 rings (SSSR count). The lowest BCUT2D eigenvalue weighted by Gasteiger charge is -2.19. The molecule has 28 heavy (non-hydrogen) atoms. The highest BCUT2D eigenvalue weighted by Gasteiger charge is 2.27. The Kier molecular flexibility index (Phi) is 5.91. The van der Waals surface area contributed by atoms with Crippen molar-refractivity contribution >= 4 is 16.0 Å². The molecule has 1 aliphatic rings. The number of sulfonamides is 1. The number of carbonyl (C=O) groups excluding carboxylic acids is 1. The molecule has 0 aliphatic carbocycles. The van der Waals surface area contributed by atoms with E-state index in [9.17, 15) is 13.2 Å². The van der Waals surface area contributed by atoms with Crippen molar-refractivity contribution in [3.8, 4) is 0 Å². The van der Waals surface area contributed by atoms with Crippen LogP contribution in [0.25, 0.3) is 0 Å². The van der Waals surface area contributed by atoms with Gasteiger partial charge in [0.2, 0.25) is 10.0 Å². The van der Waals surface area contributed by atoms with E-state index >= 15 is 0 Å². The highest BCUT2D eigenvalue weighted by Crippen LogP contribution is 2.23. The van der Waals surface area contributed by atoms with Gasteiger partial charge < -0.3 is 4.74 Å². The molecule has 0 saturated carbocycles. The number of hydrogen-bond acceptors (Lipinski definition) is 4. The normalized spacial score (nSPS) is 15.5. The fraction of sp³-hybridized carbons (Fsp3) is 0.409. The maximum atomic E-state index is 12.7. The summed E-state index contributed by atoms with van der Waals surface area (Å²) in [6, 6.07) is 14.0. The summed E-state index contributed by atoms with van der Waals surface area (Å²) < 4.78 is 32.2. The molecule has 1 heterocycles. The van der Waals surface area contributed by atoms with Gasteiger partial charge in [-0.1, -0.05) is 51.1 Å². The van der Waals surface area contributed by atoms with E-state index in [1.165, 1.54) is 22.0 Å². The number of esters is 1. The SMILES string of the molecule is CC(C)(C)c1ccc(COC(=O)c2cccc(S(=O)(=O)N3CCCC3)c2)cc1. The molecule has 0 amide bonds. The molecule has 0 radical (unpaired) electrons. The van der Waals surface area contributed by atoms with Crippen LogP contribution in [0.5, 0.6) is 0 Å². The van der Waals surface area contributed by atoms with E-state index in [4.69, 9.17) is 4.74 Å². The van der Waals surface area contributed by atoms with Gasteiger partial charge in [-0.3, -0.25) is 0 Å². The summed E-state index contributed by atoms with van der Waals surface area (Å²) in [6.45, 7) is 7.64. The molecule has 1 saturated heterocycles. The van der Waals surface area contributed by atoms with E-state index in [1.807, 2.05) is 24.3 Å². The summed E-state index contributed by atoms with van der Waals surface area (Å²) in [5.74, 6) is -0.529. The van der Waals surface area contributed by atoms with Gasteiger partial charge in [0.15, 0.2) is 0 Å². The Hall–Kier alpha value is -2.18. The van der Waals surface area contributed by atoms with Crippen LogP contribution >= 0.6 is 0 Å². The summed E-state index contributed by atoms with van der Waals surface area (Å²) in [7, 11) is -3.56. The van der Waals surface area contributed by atoms with Crippen molar-refractivity contribution in [2.24, 2.45) is 0 Å². The van der Waals surface area contributed by atoms with Crippen LogP contribution in [0.1, 0.15) is 55.1 Å². The molecular weight excluding hydrogens is 374 g/mol. The molecule has 0 bridgehead atoms. The number of hydrogen-bond donors (Lipinski definition) is 0. The van der Waals surface area contributed by atoms with E-state index in [-0.39, 0.29) is 22.5 Å². The molecule has 0 atom stereocenters. The third-order valence-electron chi connectivity index (χ3n) is 4.96. The highest BCUT2D eigenvalue weighted by atomic mass is 32.2. The summed E-state index contributed by atoms with van der Waals surface area (Å²) in [5, 5.41) is 0. The smallest absolute Gasteiger partial charge is 0.338 e. The Bertz CT molecular complexity index is 937. The molecule has 1 aliphatic heterocycles. The molecule has 1 fully saturated rings. The lowest BCUT2D eigenvalue weighted by atomic mass is 9.87. The van der Waals surface area contributed by atoms with Crippen molar-refractivity contribution in [1.82, 2.24) is 4.31 Å². The summed E-state index contributed by atoms with van der Waals surface area (Å²) >= 11 is 0. The Balaban J connectivity index is 1.68. The van der Waals surface area contributed by atoms with Crippen molar-refractivity contribution in [2.45, 2.75) is 50.5 Å². The predicted octanol–water partition coefficient (Wildman–Crippen LogP) is 4.13. The number of nitrogens with zero attached hydrogens (tertiary/aromatic N) is 1. The van der Waals surface area contributed by atoms with Gasteiger partial charge in [0.25, 0.3) is 0 Å². The van der Waals surface area contributed by atoms with Gasteiger partial charge in [-0.05, 0) is 47.6 Å². The molecule has 2 aromatic carbocycles. The maximum absolute atomic E-state index is 12.7. The van der Waals surface area contributed by atoms with E-state index in [0.29, 0.717) is 13.1 Å². The van der Waals surface area contributed by atoms with Crippen LogP contribution in [0.4, 0.5) is 0 Å². The first-order valence-corrected chi connectivity index (χ1v) is 11.0. The van der Waals surface area contributed by atoms with Gasteiger partial charge in [0.1, 0.15) is 6.61 Å². The Morgan fingerprint density at radius 1 is 1.04 bits per heavy atom. The number of carbonyl (C=O) groups is 1.